The van der Waals surface area contributed by atoms with Gasteiger partial charge < -0.3 is 0 Å². The number of H-pyrrole nitrogens is 1. The molecule has 10 heteroatoms. The molecule has 0 aliphatic heterocycles. The second-order valence-corrected chi connectivity index (χ2v) is 6.50. The molecular formula is C15H9Cl2F3N4S. The Morgan fingerprint density at radius 1 is 1.08 bits per heavy atom. The smallest absolute Gasteiger partial charge is 0.276 e. The molecule has 25 heavy (non-hydrogen) atoms. The first kappa shape index (κ1) is 18.0. The van der Waals surface area contributed by atoms with Crippen LogP contribution in [0.15, 0.2) is 35.7 Å². The molecule has 3 aromatic rings. The van der Waals surface area contributed by atoms with E-state index in [1.54, 1.807) is 0 Å². The number of benzene rings is 1. The van der Waals surface area contributed by atoms with Gasteiger partial charge >= 0.3 is 6.18 Å². The fourth-order valence-electron chi connectivity index (χ4n) is 2.30. The standard InChI is InChI=1S/C15H9Cl2F3N4S/c1-25-14-12(10-6-21-2-3-22-10)13(23-24-14)11-8(16)4-7(5-9(11)17)15(18,19)20/h2-6H,1H3,(H,23,24). The number of aromatic amines is 1. The summed E-state index contributed by atoms with van der Waals surface area (Å²) in [6, 6.07) is 1.67. The Kier molecular flexibility index (Phi) is 4.95. The zero-order valence-corrected chi connectivity index (χ0v) is 14.9. The first-order valence-electron chi connectivity index (χ1n) is 6.78. The normalized spacial score (nSPS) is 11.8. The number of nitrogens with one attached hydrogen (secondary N) is 1. The highest BCUT2D eigenvalue weighted by Crippen LogP contribution is 2.44. The Hall–Kier alpha value is -1.77. The zero-order chi connectivity index (χ0) is 18.2. The van der Waals surface area contributed by atoms with Crippen molar-refractivity contribution in [2.45, 2.75) is 11.2 Å². The van der Waals surface area contributed by atoms with Crippen LogP contribution < -0.4 is 0 Å². The number of rotatable bonds is 3. The van der Waals surface area contributed by atoms with Gasteiger partial charge in [-0.05, 0) is 18.4 Å². The van der Waals surface area contributed by atoms with E-state index in [1.165, 1.54) is 30.4 Å². The van der Waals surface area contributed by atoms with Crippen molar-refractivity contribution in [2.75, 3.05) is 6.26 Å². The van der Waals surface area contributed by atoms with E-state index >= 15 is 0 Å². The third-order valence-corrected chi connectivity index (χ3v) is 4.64. The molecule has 0 unspecified atom stereocenters. The van der Waals surface area contributed by atoms with Crippen molar-refractivity contribution in [2.24, 2.45) is 0 Å². The van der Waals surface area contributed by atoms with E-state index in [2.05, 4.69) is 20.2 Å². The highest BCUT2D eigenvalue weighted by Gasteiger charge is 2.33. The molecule has 0 bridgehead atoms. The van der Waals surface area contributed by atoms with E-state index in [9.17, 15) is 13.2 Å². The highest BCUT2D eigenvalue weighted by molar-refractivity contribution is 7.98. The summed E-state index contributed by atoms with van der Waals surface area (Å²) in [6.45, 7) is 0. The van der Waals surface area contributed by atoms with Crippen LogP contribution in [-0.2, 0) is 6.18 Å². The van der Waals surface area contributed by atoms with Gasteiger partial charge in [-0.15, -0.1) is 11.8 Å². The monoisotopic (exact) mass is 404 g/mol. The summed E-state index contributed by atoms with van der Waals surface area (Å²) in [7, 11) is 0. The molecule has 2 aromatic heterocycles. The summed E-state index contributed by atoms with van der Waals surface area (Å²) in [5, 5.41) is 7.29. The molecule has 2 heterocycles. The Morgan fingerprint density at radius 3 is 2.28 bits per heavy atom. The number of nitrogens with zero attached hydrogens (tertiary/aromatic N) is 3. The predicted octanol–water partition coefficient (Wildman–Crippen LogP) is 5.58. The lowest BCUT2D eigenvalue weighted by Gasteiger charge is -2.12. The van der Waals surface area contributed by atoms with E-state index in [4.69, 9.17) is 23.2 Å². The third-order valence-electron chi connectivity index (χ3n) is 3.37. The Bertz CT molecular complexity index is 890. The second-order valence-electron chi connectivity index (χ2n) is 4.89. The van der Waals surface area contributed by atoms with Crippen molar-refractivity contribution >= 4 is 35.0 Å². The maximum Gasteiger partial charge on any atom is 0.416 e. The van der Waals surface area contributed by atoms with Gasteiger partial charge in [-0.2, -0.15) is 18.3 Å². The molecule has 0 amide bonds. The summed E-state index contributed by atoms with van der Waals surface area (Å²) in [5.74, 6) is 0. The van der Waals surface area contributed by atoms with E-state index in [-0.39, 0.29) is 15.6 Å². The van der Waals surface area contributed by atoms with Crippen molar-refractivity contribution in [1.29, 1.82) is 0 Å². The average molecular weight is 405 g/mol. The van der Waals surface area contributed by atoms with E-state index < -0.39 is 11.7 Å². The fourth-order valence-corrected chi connectivity index (χ4v) is 3.52. The van der Waals surface area contributed by atoms with Gasteiger partial charge in [0, 0.05) is 18.0 Å². The summed E-state index contributed by atoms with van der Waals surface area (Å²) < 4.78 is 38.8. The number of hydrogen-bond donors (Lipinski definition) is 1. The molecule has 130 valence electrons. The van der Waals surface area contributed by atoms with Gasteiger partial charge in [0.15, 0.2) is 0 Å². The predicted molar refractivity (Wildman–Crippen MR) is 91.9 cm³/mol. The van der Waals surface area contributed by atoms with Crippen molar-refractivity contribution in [3.05, 3.63) is 46.3 Å². The third kappa shape index (κ3) is 3.47. The average Bonchev–Trinajstić information content (AvgIpc) is 2.97. The van der Waals surface area contributed by atoms with Crippen LogP contribution in [0.2, 0.25) is 10.0 Å². The first-order chi connectivity index (χ1) is 11.8. The molecular weight excluding hydrogens is 396 g/mol. The van der Waals surface area contributed by atoms with Gasteiger partial charge in [0.25, 0.3) is 0 Å². The summed E-state index contributed by atoms with van der Waals surface area (Å²) in [4.78, 5) is 8.24. The lowest BCUT2D eigenvalue weighted by molar-refractivity contribution is -0.137. The number of aromatic nitrogens is 4. The Labute approximate surface area is 154 Å². The minimum absolute atomic E-state index is 0.138. The number of thioether (sulfide) groups is 1. The van der Waals surface area contributed by atoms with E-state index in [0.29, 0.717) is 22.0 Å². The molecule has 0 radical (unpaired) electrons. The molecule has 0 spiro atoms. The maximum absolute atomic E-state index is 12.9. The largest absolute Gasteiger partial charge is 0.416 e. The molecule has 0 fully saturated rings. The Morgan fingerprint density at radius 2 is 1.76 bits per heavy atom. The van der Waals surface area contributed by atoms with Crippen LogP contribution >= 0.6 is 35.0 Å². The lowest BCUT2D eigenvalue weighted by atomic mass is 10.0. The molecule has 0 aliphatic rings. The van der Waals surface area contributed by atoms with Crippen LogP contribution in [-0.4, -0.2) is 26.4 Å². The maximum atomic E-state index is 12.9. The minimum atomic E-state index is -4.54. The molecule has 3 rings (SSSR count). The summed E-state index contributed by atoms with van der Waals surface area (Å²) >= 11 is 13.6. The molecule has 1 aromatic carbocycles. The van der Waals surface area contributed by atoms with Gasteiger partial charge in [-0.3, -0.25) is 15.1 Å². The second kappa shape index (κ2) is 6.86. The number of halogens is 5. The molecule has 0 saturated carbocycles. The van der Waals surface area contributed by atoms with Crippen molar-refractivity contribution in [1.82, 2.24) is 20.2 Å². The minimum Gasteiger partial charge on any atom is -0.276 e. The topological polar surface area (TPSA) is 54.5 Å². The molecule has 0 atom stereocenters. The molecule has 1 N–H and O–H groups in total. The SMILES string of the molecule is CSc1n[nH]c(-c2c(Cl)cc(C(F)(F)F)cc2Cl)c1-c1cnccn1. The van der Waals surface area contributed by atoms with E-state index in [1.807, 2.05) is 6.26 Å². The van der Waals surface area contributed by atoms with Crippen LogP contribution in [0.3, 0.4) is 0 Å². The van der Waals surface area contributed by atoms with Gasteiger partial charge in [-0.25, -0.2) is 0 Å². The quantitative estimate of drug-likeness (QED) is 0.578. The van der Waals surface area contributed by atoms with Crippen molar-refractivity contribution < 1.29 is 13.2 Å². The molecule has 4 nitrogen and oxygen atoms in total. The van der Waals surface area contributed by atoms with Crippen LogP contribution in [0.25, 0.3) is 22.5 Å². The first-order valence-corrected chi connectivity index (χ1v) is 8.76. The van der Waals surface area contributed by atoms with E-state index in [0.717, 1.165) is 12.1 Å². The van der Waals surface area contributed by atoms with Gasteiger partial charge in [-0.1, -0.05) is 23.2 Å². The van der Waals surface area contributed by atoms with Gasteiger partial charge in [0.2, 0.25) is 0 Å². The summed E-state index contributed by atoms with van der Waals surface area (Å²) in [5.41, 5.74) is 0.766. The van der Waals surface area contributed by atoms with Crippen LogP contribution in [0.4, 0.5) is 13.2 Å². The molecule has 0 aliphatic carbocycles. The van der Waals surface area contributed by atoms with Crippen LogP contribution in [0.5, 0.6) is 0 Å². The van der Waals surface area contributed by atoms with Gasteiger partial charge in [0.1, 0.15) is 5.03 Å². The Balaban J connectivity index is 2.24. The van der Waals surface area contributed by atoms with Gasteiger partial charge in [0.05, 0.1) is 38.8 Å². The fraction of sp³-hybridized carbons (Fsp3) is 0.133. The highest BCUT2D eigenvalue weighted by atomic mass is 35.5. The number of hydrogen-bond acceptors (Lipinski definition) is 4. The van der Waals surface area contributed by atoms with Crippen LogP contribution in [0, 0.1) is 0 Å². The lowest BCUT2D eigenvalue weighted by Crippen LogP contribution is -2.05. The molecule has 0 saturated heterocycles. The van der Waals surface area contributed by atoms with Crippen molar-refractivity contribution in [3.63, 3.8) is 0 Å². The van der Waals surface area contributed by atoms with Crippen LogP contribution in [0.1, 0.15) is 5.56 Å². The zero-order valence-electron chi connectivity index (χ0n) is 12.5. The van der Waals surface area contributed by atoms with Crippen molar-refractivity contribution in [3.8, 4) is 22.5 Å². The summed E-state index contributed by atoms with van der Waals surface area (Å²) in [6.07, 6.45) is 1.82. The number of alkyl halides is 3.